The van der Waals surface area contributed by atoms with Gasteiger partial charge in [-0.2, -0.15) is 5.10 Å². The van der Waals surface area contributed by atoms with Crippen LogP contribution in [-0.2, 0) is 18.3 Å². The first-order valence-electron chi connectivity index (χ1n) is 10.0. The molecule has 1 aromatic carbocycles. The van der Waals surface area contributed by atoms with Crippen LogP contribution in [0.5, 0.6) is 5.75 Å². The highest BCUT2D eigenvalue weighted by molar-refractivity contribution is 5.66. The SMILES string of the molecule is COc1ccc(-c2ccc3c([C@H]4CN(Cc5cnn(C)c5)CCO4)nnn3c2)cc1. The maximum atomic E-state index is 6.05. The Balaban J connectivity index is 1.36. The normalized spacial score (nSPS) is 17.5. The van der Waals surface area contributed by atoms with E-state index in [0.29, 0.717) is 6.61 Å². The summed E-state index contributed by atoms with van der Waals surface area (Å²) < 4.78 is 15.0. The van der Waals surface area contributed by atoms with E-state index in [4.69, 9.17) is 9.47 Å². The van der Waals surface area contributed by atoms with Crippen molar-refractivity contribution in [1.82, 2.24) is 29.5 Å². The van der Waals surface area contributed by atoms with Gasteiger partial charge in [0.05, 0.1) is 25.4 Å². The van der Waals surface area contributed by atoms with Crippen LogP contribution in [0.3, 0.4) is 0 Å². The molecule has 0 spiro atoms. The summed E-state index contributed by atoms with van der Waals surface area (Å²) in [5, 5.41) is 13.1. The van der Waals surface area contributed by atoms with Crippen molar-refractivity contribution in [1.29, 1.82) is 0 Å². The van der Waals surface area contributed by atoms with Crippen LogP contribution in [0.2, 0.25) is 0 Å². The van der Waals surface area contributed by atoms with E-state index < -0.39 is 0 Å². The van der Waals surface area contributed by atoms with Gasteiger partial charge in [-0.3, -0.25) is 9.58 Å². The Kier molecular flexibility index (Phi) is 4.94. The number of pyridine rings is 1. The van der Waals surface area contributed by atoms with Crippen molar-refractivity contribution in [2.75, 3.05) is 26.8 Å². The van der Waals surface area contributed by atoms with E-state index in [1.807, 2.05) is 52.9 Å². The Morgan fingerprint density at radius 2 is 1.93 bits per heavy atom. The van der Waals surface area contributed by atoms with Crippen LogP contribution in [0, 0.1) is 0 Å². The molecular formula is C22H24N6O2. The third kappa shape index (κ3) is 3.67. The van der Waals surface area contributed by atoms with Gasteiger partial charge in [0.1, 0.15) is 17.5 Å². The Morgan fingerprint density at radius 3 is 2.70 bits per heavy atom. The zero-order chi connectivity index (χ0) is 20.5. The molecule has 3 aromatic heterocycles. The van der Waals surface area contributed by atoms with Gasteiger partial charge in [0.15, 0.2) is 0 Å². The maximum Gasteiger partial charge on any atom is 0.121 e. The number of fused-ring (bicyclic) bond motifs is 1. The minimum Gasteiger partial charge on any atom is -0.497 e. The number of ether oxygens (including phenoxy) is 2. The number of hydrogen-bond donors (Lipinski definition) is 0. The lowest BCUT2D eigenvalue weighted by Crippen LogP contribution is -2.38. The molecule has 4 heterocycles. The number of nitrogens with zero attached hydrogens (tertiary/aromatic N) is 6. The maximum absolute atomic E-state index is 6.05. The Bertz CT molecular complexity index is 1150. The standard InChI is InChI=1S/C22H24N6O2/c1-26-12-16(11-23-26)13-27-9-10-30-21(15-27)22-20-8-5-18(14-28(20)25-24-22)17-3-6-19(29-2)7-4-17/h3-8,11-12,14,21H,9-10,13,15H2,1-2H3/t21-/m1/s1. The second kappa shape index (κ2) is 7.89. The zero-order valence-electron chi connectivity index (χ0n) is 17.1. The summed E-state index contributed by atoms with van der Waals surface area (Å²) in [6, 6.07) is 12.2. The van der Waals surface area contributed by atoms with Crippen LogP contribution in [0.4, 0.5) is 0 Å². The van der Waals surface area contributed by atoms with E-state index in [-0.39, 0.29) is 6.10 Å². The average molecular weight is 404 g/mol. The summed E-state index contributed by atoms with van der Waals surface area (Å²) in [6.45, 7) is 3.21. The molecule has 1 aliphatic heterocycles. The van der Waals surface area contributed by atoms with Crippen LogP contribution in [-0.4, -0.2) is 56.3 Å². The topological polar surface area (TPSA) is 69.7 Å². The van der Waals surface area contributed by atoms with Crippen LogP contribution in [0.1, 0.15) is 17.4 Å². The van der Waals surface area contributed by atoms with Crippen molar-refractivity contribution < 1.29 is 9.47 Å². The number of methoxy groups -OCH3 is 1. The fourth-order valence-electron chi connectivity index (χ4n) is 3.92. The van der Waals surface area contributed by atoms with Crippen molar-refractivity contribution >= 4 is 5.52 Å². The molecule has 30 heavy (non-hydrogen) atoms. The monoisotopic (exact) mass is 404 g/mol. The van der Waals surface area contributed by atoms with Gasteiger partial charge in [0.25, 0.3) is 0 Å². The Hall–Kier alpha value is -3.23. The van der Waals surface area contributed by atoms with Gasteiger partial charge < -0.3 is 9.47 Å². The van der Waals surface area contributed by atoms with Crippen molar-refractivity contribution in [2.45, 2.75) is 12.6 Å². The van der Waals surface area contributed by atoms with Gasteiger partial charge >= 0.3 is 0 Å². The van der Waals surface area contributed by atoms with Crippen LogP contribution < -0.4 is 4.74 Å². The van der Waals surface area contributed by atoms with E-state index >= 15 is 0 Å². The summed E-state index contributed by atoms with van der Waals surface area (Å²) in [5.74, 6) is 0.841. The lowest BCUT2D eigenvalue weighted by Gasteiger charge is -2.31. The number of morpholine rings is 1. The summed E-state index contributed by atoms with van der Waals surface area (Å²) in [6.07, 6.45) is 5.88. The lowest BCUT2D eigenvalue weighted by atomic mass is 10.1. The molecule has 0 bridgehead atoms. The van der Waals surface area contributed by atoms with Gasteiger partial charge in [-0.05, 0) is 23.8 Å². The second-order valence-electron chi connectivity index (χ2n) is 7.57. The molecule has 0 aliphatic carbocycles. The van der Waals surface area contributed by atoms with Gasteiger partial charge in [-0.15, -0.1) is 5.10 Å². The third-order valence-electron chi connectivity index (χ3n) is 5.48. The number of hydrogen-bond acceptors (Lipinski definition) is 6. The van der Waals surface area contributed by atoms with Crippen molar-refractivity contribution in [3.63, 3.8) is 0 Å². The average Bonchev–Trinajstić information content (AvgIpc) is 3.39. The molecular weight excluding hydrogens is 380 g/mol. The predicted molar refractivity (Wildman–Crippen MR) is 112 cm³/mol. The zero-order valence-corrected chi connectivity index (χ0v) is 17.1. The number of aromatic nitrogens is 5. The molecule has 8 heteroatoms. The van der Waals surface area contributed by atoms with Crippen molar-refractivity contribution in [3.05, 3.63) is 66.2 Å². The first-order chi connectivity index (χ1) is 14.7. The summed E-state index contributed by atoms with van der Waals surface area (Å²) >= 11 is 0. The second-order valence-corrected chi connectivity index (χ2v) is 7.57. The van der Waals surface area contributed by atoms with Crippen molar-refractivity contribution in [2.24, 2.45) is 7.05 Å². The first kappa shape index (κ1) is 18.8. The van der Waals surface area contributed by atoms with E-state index in [9.17, 15) is 0 Å². The first-order valence-corrected chi connectivity index (χ1v) is 10.0. The molecule has 4 aromatic rings. The third-order valence-corrected chi connectivity index (χ3v) is 5.48. The van der Waals surface area contributed by atoms with E-state index in [1.165, 1.54) is 5.56 Å². The highest BCUT2D eigenvalue weighted by atomic mass is 16.5. The Labute approximate surface area is 174 Å². The lowest BCUT2D eigenvalue weighted by molar-refractivity contribution is -0.0343. The molecule has 0 N–H and O–H groups in total. The molecule has 1 saturated heterocycles. The molecule has 0 amide bonds. The van der Waals surface area contributed by atoms with Gasteiger partial charge in [-0.25, -0.2) is 4.52 Å². The van der Waals surface area contributed by atoms with Crippen LogP contribution in [0.15, 0.2) is 55.0 Å². The number of rotatable bonds is 5. The van der Waals surface area contributed by atoms with Gasteiger partial charge in [-0.1, -0.05) is 23.4 Å². The summed E-state index contributed by atoms with van der Waals surface area (Å²) in [4.78, 5) is 2.38. The van der Waals surface area contributed by atoms with Crippen LogP contribution in [0.25, 0.3) is 16.6 Å². The quantitative estimate of drug-likeness (QED) is 0.509. The largest absolute Gasteiger partial charge is 0.497 e. The highest BCUT2D eigenvalue weighted by Gasteiger charge is 2.26. The fourth-order valence-corrected chi connectivity index (χ4v) is 3.92. The molecule has 8 nitrogen and oxygen atoms in total. The van der Waals surface area contributed by atoms with Gasteiger partial charge in [0, 0.05) is 50.2 Å². The Morgan fingerprint density at radius 1 is 1.10 bits per heavy atom. The smallest absolute Gasteiger partial charge is 0.121 e. The molecule has 1 fully saturated rings. The molecule has 0 saturated carbocycles. The highest BCUT2D eigenvalue weighted by Crippen LogP contribution is 2.28. The fraction of sp³-hybridized carbons (Fsp3) is 0.318. The van der Waals surface area contributed by atoms with E-state index in [0.717, 1.165) is 47.7 Å². The number of aryl methyl sites for hydroxylation is 1. The van der Waals surface area contributed by atoms with Crippen molar-refractivity contribution in [3.8, 4) is 16.9 Å². The van der Waals surface area contributed by atoms with Gasteiger partial charge in [0.2, 0.25) is 0 Å². The molecule has 154 valence electrons. The molecule has 1 aliphatic rings. The minimum atomic E-state index is -0.0974. The predicted octanol–water partition coefficient (Wildman–Crippen LogP) is 2.71. The van der Waals surface area contributed by atoms with Crippen LogP contribution >= 0.6 is 0 Å². The summed E-state index contributed by atoms with van der Waals surface area (Å²) in [7, 11) is 3.61. The molecule has 1 atom stereocenters. The summed E-state index contributed by atoms with van der Waals surface area (Å²) in [5.41, 5.74) is 5.23. The van der Waals surface area contributed by atoms with E-state index in [1.54, 1.807) is 7.11 Å². The minimum absolute atomic E-state index is 0.0974. The molecule has 0 radical (unpaired) electrons. The van der Waals surface area contributed by atoms with E-state index in [2.05, 4.69) is 38.6 Å². The number of benzene rings is 1. The molecule has 0 unspecified atom stereocenters. The molecule has 5 rings (SSSR count).